The fourth-order valence-electron chi connectivity index (χ4n) is 2.20. The Hall–Kier alpha value is -1.64. The second-order valence-corrected chi connectivity index (χ2v) is 5.38. The highest BCUT2D eigenvalue weighted by atomic mass is 16.5. The molecule has 2 rings (SSSR count). The average molecular weight is 269 g/mol. The predicted molar refractivity (Wildman–Crippen MR) is 84.0 cm³/mol. The lowest BCUT2D eigenvalue weighted by atomic mass is 10.00. The second-order valence-electron chi connectivity index (χ2n) is 5.38. The maximum atomic E-state index is 6.14. The number of hydrogen-bond acceptors (Lipinski definition) is 2. The Morgan fingerprint density at radius 2 is 1.65 bits per heavy atom. The van der Waals surface area contributed by atoms with Crippen LogP contribution in [-0.4, -0.2) is 32.1 Å². The molecular formula is C18H23NO. The Kier molecular flexibility index (Phi) is 5.33. The van der Waals surface area contributed by atoms with Crippen LogP contribution in [0.25, 0.3) is 0 Å². The molecule has 0 spiro atoms. The number of benzene rings is 2. The van der Waals surface area contributed by atoms with Crippen LogP contribution in [0, 0.1) is 6.92 Å². The molecule has 20 heavy (non-hydrogen) atoms. The summed E-state index contributed by atoms with van der Waals surface area (Å²) in [6, 6.07) is 19.0. The fourth-order valence-corrected chi connectivity index (χ4v) is 2.20. The highest BCUT2D eigenvalue weighted by molar-refractivity contribution is 5.32. The van der Waals surface area contributed by atoms with Crippen LogP contribution < -0.4 is 0 Å². The van der Waals surface area contributed by atoms with Gasteiger partial charge in [0.15, 0.2) is 0 Å². The van der Waals surface area contributed by atoms with Crippen molar-refractivity contribution in [2.45, 2.75) is 13.0 Å². The van der Waals surface area contributed by atoms with E-state index < -0.39 is 0 Å². The van der Waals surface area contributed by atoms with Crippen LogP contribution in [0.5, 0.6) is 0 Å². The fraction of sp³-hybridized carbons (Fsp3) is 0.333. The molecular weight excluding hydrogens is 246 g/mol. The van der Waals surface area contributed by atoms with Crippen molar-refractivity contribution in [3.63, 3.8) is 0 Å². The number of aryl methyl sites for hydroxylation is 1. The molecule has 0 aliphatic carbocycles. The zero-order chi connectivity index (χ0) is 14.4. The van der Waals surface area contributed by atoms with E-state index in [2.05, 4.69) is 74.4 Å². The predicted octanol–water partition coefficient (Wildman–Crippen LogP) is 3.66. The van der Waals surface area contributed by atoms with E-state index >= 15 is 0 Å². The van der Waals surface area contributed by atoms with Crippen molar-refractivity contribution in [3.8, 4) is 0 Å². The first-order valence-corrected chi connectivity index (χ1v) is 7.04. The van der Waals surface area contributed by atoms with Gasteiger partial charge in [0.1, 0.15) is 6.10 Å². The van der Waals surface area contributed by atoms with Crippen LogP contribution in [0.15, 0.2) is 54.6 Å². The second kappa shape index (κ2) is 7.22. The molecule has 0 saturated heterocycles. The Morgan fingerprint density at radius 1 is 0.950 bits per heavy atom. The van der Waals surface area contributed by atoms with Gasteiger partial charge in [-0.3, -0.25) is 0 Å². The van der Waals surface area contributed by atoms with Crippen LogP contribution >= 0.6 is 0 Å². The zero-order valence-corrected chi connectivity index (χ0v) is 12.5. The molecule has 1 unspecified atom stereocenters. The Morgan fingerprint density at radius 3 is 2.30 bits per heavy atom. The van der Waals surface area contributed by atoms with Crippen LogP contribution in [0.4, 0.5) is 0 Å². The minimum atomic E-state index is 0.0102. The van der Waals surface area contributed by atoms with Crippen molar-refractivity contribution < 1.29 is 4.74 Å². The summed E-state index contributed by atoms with van der Waals surface area (Å²) in [4.78, 5) is 2.14. The third kappa shape index (κ3) is 4.19. The van der Waals surface area contributed by atoms with Gasteiger partial charge in [0.2, 0.25) is 0 Å². The maximum absolute atomic E-state index is 6.14. The molecule has 0 aliphatic heterocycles. The molecule has 0 radical (unpaired) electrons. The third-order valence-corrected chi connectivity index (χ3v) is 3.27. The van der Waals surface area contributed by atoms with Crippen LogP contribution in [0.3, 0.4) is 0 Å². The molecule has 2 nitrogen and oxygen atoms in total. The summed E-state index contributed by atoms with van der Waals surface area (Å²) in [5.41, 5.74) is 3.69. The van der Waals surface area contributed by atoms with Crippen molar-refractivity contribution in [1.82, 2.24) is 4.90 Å². The first-order chi connectivity index (χ1) is 9.66. The molecule has 0 aliphatic rings. The van der Waals surface area contributed by atoms with Gasteiger partial charge >= 0.3 is 0 Å². The standard InChI is InChI=1S/C18H23NO/c1-15-8-7-11-17(14-15)18(20-13-12-19(2)3)16-9-5-4-6-10-16/h4-11,14,18H,12-13H2,1-3H3. The molecule has 2 aromatic carbocycles. The lowest BCUT2D eigenvalue weighted by molar-refractivity contribution is 0.0687. The summed E-state index contributed by atoms with van der Waals surface area (Å²) in [5.74, 6) is 0. The minimum Gasteiger partial charge on any atom is -0.367 e. The minimum absolute atomic E-state index is 0.0102. The van der Waals surface area contributed by atoms with E-state index in [9.17, 15) is 0 Å². The van der Waals surface area contributed by atoms with Gasteiger partial charge in [-0.1, -0.05) is 60.2 Å². The Balaban J connectivity index is 2.20. The van der Waals surface area contributed by atoms with Gasteiger partial charge < -0.3 is 9.64 Å². The normalized spacial score (nSPS) is 12.6. The summed E-state index contributed by atoms with van der Waals surface area (Å²) < 4.78 is 6.14. The Bertz CT molecular complexity index is 522. The van der Waals surface area contributed by atoms with Crippen molar-refractivity contribution in [3.05, 3.63) is 71.3 Å². The summed E-state index contributed by atoms with van der Waals surface area (Å²) in [6.07, 6.45) is 0.0102. The summed E-state index contributed by atoms with van der Waals surface area (Å²) in [5, 5.41) is 0. The molecule has 1 atom stereocenters. The van der Waals surface area contributed by atoms with Crippen LogP contribution in [0.1, 0.15) is 22.8 Å². The molecule has 0 saturated carbocycles. The van der Waals surface area contributed by atoms with E-state index in [1.165, 1.54) is 16.7 Å². The first kappa shape index (κ1) is 14.8. The quantitative estimate of drug-likeness (QED) is 0.793. The zero-order valence-electron chi connectivity index (χ0n) is 12.5. The van der Waals surface area contributed by atoms with Crippen molar-refractivity contribution in [2.24, 2.45) is 0 Å². The van der Waals surface area contributed by atoms with Crippen molar-refractivity contribution in [1.29, 1.82) is 0 Å². The Labute approximate surface area is 122 Å². The highest BCUT2D eigenvalue weighted by Gasteiger charge is 2.14. The summed E-state index contributed by atoms with van der Waals surface area (Å²) in [6.45, 7) is 3.76. The number of ether oxygens (including phenoxy) is 1. The van der Waals surface area contributed by atoms with E-state index in [0.717, 1.165) is 13.2 Å². The lowest BCUT2D eigenvalue weighted by Gasteiger charge is -2.20. The van der Waals surface area contributed by atoms with E-state index in [1.54, 1.807) is 0 Å². The maximum Gasteiger partial charge on any atom is 0.108 e. The molecule has 2 aromatic rings. The molecule has 0 N–H and O–H groups in total. The van der Waals surface area contributed by atoms with Gasteiger partial charge in [0.25, 0.3) is 0 Å². The van der Waals surface area contributed by atoms with Gasteiger partial charge in [0.05, 0.1) is 6.61 Å². The molecule has 106 valence electrons. The largest absolute Gasteiger partial charge is 0.367 e. The summed E-state index contributed by atoms with van der Waals surface area (Å²) in [7, 11) is 4.13. The smallest absolute Gasteiger partial charge is 0.108 e. The molecule has 0 amide bonds. The van der Waals surface area contributed by atoms with Crippen LogP contribution in [0.2, 0.25) is 0 Å². The number of nitrogens with zero attached hydrogens (tertiary/aromatic N) is 1. The monoisotopic (exact) mass is 269 g/mol. The number of rotatable bonds is 6. The van der Waals surface area contributed by atoms with E-state index in [0.29, 0.717) is 0 Å². The molecule has 0 heterocycles. The van der Waals surface area contributed by atoms with E-state index in [-0.39, 0.29) is 6.10 Å². The van der Waals surface area contributed by atoms with Crippen molar-refractivity contribution >= 4 is 0 Å². The molecule has 0 bridgehead atoms. The van der Waals surface area contributed by atoms with Gasteiger partial charge in [-0.2, -0.15) is 0 Å². The van der Waals surface area contributed by atoms with Crippen LogP contribution in [-0.2, 0) is 4.74 Å². The SMILES string of the molecule is Cc1cccc(C(OCCN(C)C)c2ccccc2)c1. The third-order valence-electron chi connectivity index (χ3n) is 3.27. The molecule has 2 heteroatoms. The summed E-state index contributed by atoms with van der Waals surface area (Å²) >= 11 is 0. The van der Waals surface area contributed by atoms with Gasteiger partial charge in [-0.15, -0.1) is 0 Å². The van der Waals surface area contributed by atoms with Crippen molar-refractivity contribution in [2.75, 3.05) is 27.2 Å². The number of likely N-dealkylation sites (N-methyl/N-ethyl adjacent to an activating group) is 1. The number of hydrogen-bond donors (Lipinski definition) is 0. The van der Waals surface area contributed by atoms with E-state index in [4.69, 9.17) is 4.74 Å². The highest BCUT2D eigenvalue weighted by Crippen LogP contribution is 2.26. The average Bonchev–Trinajstić information content (AvgIpc) is 2.44. The van der Waals surface area contributed by atoms with Gasteiger partial charge in [0, 0.05) is 6.54 Å². The van der Waals surface area contributed by atoms with Gasteiger partial charge in [-0.05, 0) is 32.1 Å². The first-order valence-electron chi connectivity index (χ1n) is 7.04. The molecule has 0 aromatic heterocycles. The lowest BCUT2D eigenvalue weighted by Crippen LogP contribution is -2.20. The van der Waals surface area contributed by atoms with Gasteiger partial charge in [-0.25, -0.2) is 0 Å². The topological polar surface area (TPSA) is 12.5 Å². The van der Waals surface area contributed by atoms with E-state index in [1.807, 2.05) is 6.07 Å². The molecule has 0 fully saturated rings.